The molecule has 2 N–H and O–H groups in total. The monoisotopic (exact) mass is 915 g/mol. The van der Waals surface area contributed by atoms with Gasteiger partial charge in [-0.1, -0.05) is 255 Å². The van der Waals surface area contributed by atoms with Crippen molar-refractivity contribution in [2.75, 3.05) is 0 Å². The van der Waals surface area contributed by atoms with E-state index >= 15 is 0 Å². The Hall–Kier alpha value is -6.26. The second-order valence-electron chi connectivity index (χ2n) is 15.2. The molecule has 6 aromatic carbocycles. The smallest absolute Gasteiger partial charge is 0.172 e. The van der Waals surface area contributed by atoms with Gasteiger partial charge < -0.3 is 9.97 Å². The summed E-state index contributed by atoms with van der Waals surface area (Å²) in [7, 11) is 0. The highest BCUT2D eigenvalue weighted by Crippen LogP contribution is 2.33. The number of carbonyl (C=O) groups excluding carboxylic acids is 2. The second kappa shape index (κ2) is 35.9. The third-order valence-electron chi connectivity index (χ3n) is 10.9. The number of H-pyrrole nitrogens is 2. The lowest BCUT2D eigenvalue weighted by Crippen LogP contribution is -2.17. The molecule has 0 aliphatic carbocycles. The summed E-state index contributed by atoms with van der Waals surface area (Å²) in [6.45, 7) is 28.5. The number of rotatable bonds is 14. The maximum absolute atomic E-state index is 13.6. The fourth-order valence-electron chi connectivity index (χ4n) is 8.09. The van der Waals surface area contributed by atoms with E-state index in [-0.39, 0.29) is 23.4 Å². The number of benzene rings is 6. The van der Waals surface area contributed by atoms with Gasteiger partial charge in [-0.2, -0.15) is 0 Å². The lowest BCUT2D eigenvalue weighted by molar-refractivity contribution is 0.0941. The van der Waals surface area contributed by atoms with E-state index in [0.29, 0.717) is 11.8 Å². The van der Waals surface area contributed by atoms with Crippen LogP contribution in [-0.2, 0) is 12.8 Å². The fraction of sp³-hybridized carbons (Fsp3) is 0.344. The number of nitrogens with one attached hydrogen (secondary N) is 2. The number of aromatic nitrogens is 2. The first-order valence-electron chi connectivity index (χ1n) is 25.8. The first kappa shape index (κ1) is 59.8. The second-order valence-corrected chi connectivity index (χ2v) is 15.2. The molecule has 0 saturated carbocycles. The zero-order valence-corrected chi connectivity index (χ0v) is 44.3. The molecule has 0 bridgehead atoms. The zero-order chi connectivity index (χ0) is 50.7. The maximum Gasteiger partial charge on any atom is 0.172 e. The number of carbonyl (C=O) groups is 2. The number of fused-ring (bicyclic) bond motifs is 2. The van der Waals surface area contributed by atoms with Gasteiger partial charge in [0.25, 0.3) is 0 Å². The lowest BCUT2D eigenvalue weighted by Gasteiger charge is -2.21. The van der Waals surface area contributed by atoms with Gasteiger partial charge in [0.2, 0.25) is 0 Å². The van der Waals surface area contributed by atoms with Crippen molar-refractivity contribution in [3.05, 3.63) is 216 Å². The molecule has 0 saturated heterocycles. The van der Waals surface area contributed by atoms with Crippen molar-refractivity contribution in [2.24, 2.45) is 11.8 Å². The van der Waals surface area contributed by atoms with Gasteiger partial charge in [0.05, 0.1) is 0 Å². The molecular formula is C64H86N2O2. The number of ketones is 2. The van der Waals surface area contributed by atoms with Crippen LogP contribution in [0.25, 0.3) is 21.8 Å². The van der Waals surface area contributed by atoms with E-state index in [1.165, 1.54) is 11.1 Å². The average Bonchev–Trinajstić information content (AvgIpc) is 4.07. The van der Waals surface area contributed by atoms with E-state index in [4.69, 9.17) is 0 Å². The van der Waals surface area contributed by atoms with E-state index in [1.807, 2.05) is 193 Å². The molecule has 2 unspecified atom stereocenters. The molecule has 2 heterocycles. The van der Waals surface area contributed by atoms with Gasteiger partial charge in [-0.3, -0.25) is 9.59 Å². The molecule has 4 atom stereocenters. The van der Waals surface area contributed by atoms with Gasteiger partial charge in [-0.25, -0.2) is 0 Å². The maximum atomic E-state index is 13.6. The Labute approximate surface area is 413 Å². The molecular weight excluding hydrogens is 829 g/mol. The van der Waals surface area contributed by atoms with E-state index < -0.39 is 0 Å². The molecule has 4 heteroatoms. The quantitative estimate of drug-likeness (QED) is 0.107. The molecule has 2 aromatic heterocycles. The van der Waals surface area contributed by atoms with Gasteiger partial charge in [0.15, 0.2) is 11.6 Å². The predicted molar refractivity (Wildman–Crippen MR) is 300 cm³/mol. The Balaban J connectivity index is 0.000000558. The van der Waals surface area contributed by atoms with Crippen LogP contribution in [0, 0.1) is 11.8 Å². The van der Waals surface area contributed by atoms with Crippen LogP contribution in [0.5, 0.6) is 0 Å². The summed E-state index contributed by atoms with van der Waals surface area (Å²) in [6.07, 6.45) is 7.35. The molecule has 0 aliphatic rings. The van der Waals surface area contributed by atoms with Crippen LogP contribution >= 0.6 is 0 Å². The Morgan fingerprint density at radius 2 is 0.632 bits per heavy atom. The fourth-order valence-corrected chi connectivity index (χ4v) is 8.09. The molecule has 8 rings (SSSR count). The largest absolute Gasteiger partial charge is 0.360 e. The van der Waals surface area contributed by atoms with E-state index in [9.17, 15) is 9.59 Å². The summed E-state index contributed by atoms with van der Waals surface area (Å²) in [5.74, 6) is 0.925. The highest BCUT2D eigenvalue weighted by molar-refractivity contribution is 6.11. The highest BCUT2D eigenvalue weighted by atomic mass is 16.1. The van der Waals surface area contributed by atoms with Crippen molar-refractivity contribution in [1.82, 2.24) is 9.97 Å². The van der Waals surface area contributed by atoms with Crippen LogP contribution in [0.3, 0.4) is 0 Å². The van der Waals surface area contributed by atoms with Crippen molar-refractivity contribution in [2.45, 2.75) is 134 Å². The summed E-state index contributed by atoms with van der Waals surface area (Å²) < 4.78 is 0. The number of para-hydroxylation sites is 2. The average molecular weight is 915 g/mol. The van der Waals surface area contributed by atoms with E-state index in [0.717, 1.165) is 69.7 Å². The topological polar surface area (TPSA) is 65.7 Å². The molecule has 68 heavy (non-hydrogen) atoms. The van der Waals surface area contributed by atoms with Crippen LogP contribution in [0.1, 0.15) is 165 Å². The first-order chi connectivity index (χ1) is 33.4. The molecule has 4 nitrogen and oxygen atoms in total. The summed E-state index contributed by atoms with van der Waals surface area (Å²) in [6, 6.07) is 57.5. The van der Waals surface area contributed by atoms with E-state index in [1.54, 1.807) is 0 Å². The minimum absolute atomic E-state index is 0.140. The Morgan fingerprint density at radius 3 is 0.941 bits per heavy atom. The first-order valence-corrected chi connectivity index (χ1v) is 25.8. The van der Waals surface area contributed by atoms with Crippen molar-refractivity contribution in [3.63, 3.8) is 0 Å². The van der Waals surface area contributed by atoms with Crippen LogP contribution < -0.4 is 0 Å². The molecule has 0 spiro atoms. The van der Waals surface area contributed by atoms with Gasteiger partial charge >= 0.3 is 0 Å². The van der Waals surface area contributed by atoms with Crippen LogP contribution in [-0.4, -0.2) is 21.5 Å². The molecule has 364 valence electrons. The molecule has 8 aromatic rings. The van der Waals surface area contributed by atoms with Gasteiger partial charge in [-0.05, 0) is 71.9 Å². The standard InChI is InChI=1S/2C26H25NO.6C2H6/c2*1-19(16-20-10-4-2-5-11-20)17-23(21-12-6-3-7-13-21)26(28)24-18-27-25-15-9-8-14-22(24)25;6*1-2/h2*2-15,18-19,23,27H,16-17H2,1H3;6*1-2H3/t2*19?,23-;;;;;;/m10....../s1. The van der Waals surface area contributed by atoms with Crippen molar-refractivity contribution < 1.29 is 9.59 Å². The van der Waals surface area contributed by atoms with Crippen molar-refractivity contribution in [1.29, 1.82) is 0 Å². The Kier molecular flexibility index (Phi) is 31.5. The van der Waals surface area contributed by atoms with Crippen LogP contribution in [0.4, 0.5) is 0 Å². The molecule has 0 fully saturated rings. The zero-order valence-electron chi connectivity index (χ0n) is 44.3. The molecule has 0 radical (unpaired) electrons. The Morgan fingerprint density at radius 1 is 0.368 bits per heavy atom. The normalized spacial score (nSPS) is 11.5. The van der Waals surface area contributed by atoms with E-state index in [2.05, 4.69) is 96.6 Å². The summed E-state index contributed by atoms with van der Waals surface area (Å²) in [5.41, 5.74) is 8.43. The molecule has 0 aliphatic heterocycles. The Bertz CT molecular complexity index is 2280. The minimum Gasteiger partial charge on any atom is -0.360 e. The van der Waals surface area contributed by atoms with Gasteiger partial charge in [-0.15, -0.1) is 0 Å². The van der Waals surface area contributed by atoms with Crippen LogP contribution in [0.2, 0.25) is 0 Å². The van der Waals surface area contributed by atoms with Crippen LogP contribution in [0.15, 0.2) is 182 Å². The third kappa shape index (κ3) is 18.4. The highest BCUT2D eigenvalue weighted by Gasteiger charge is 2.27. The summed E-state index contributed by atoms with van der Waals surface area (Å²) in [4.78, 5) is 33.7. The van der Waals surface area contributed by atoms with Gasteiger partial charge in [0.1, 0.15) is 0 Å². The van der Waals surface area contributed by atoms with Crippen molar-refractivity contribution in [3.8, 4) is 0 Å². The number of aromatic amines is 2. The lowest BCUT2D eigenvalue weighted by atomic mass is 9.82. The summed E-state index contributed by atoms with van der Waals surface area (Å²) in [5, 5.41) is 2.01. The van der Waals surface area contributed by atoms with Gasteiger partial charge in [0, 0.05) is 57.2 Å². The predicted octanol–water partition coefficient (Wildman–Crippen LogP) is 19.0. The molecule has 0 amide bonds. The minimum atomic E-state index is -0.140. The number of hydrogen-bond acceptors (Lipinski definition) is 2. The SMILES string of the molecule is CC.CC.CC.CC.CC.CC.CC(Cc1ccccc1)C[C@@H](C(=O)c1c[nH]c2ccccc12)c1ccccc1.CC(Cc1ccccc1)C[C@H](C(=O)c1c[nH]c2ccccc12)c1ccccc1. The summed E-state index contributed by atoms with van der Waals surface area (Å²) >= 11 is 0. The number of Topliss-reactive ketones (excluding diaryl/α,β-unsaturated/α-hetero) is 2. The van der Waals surface area contributed by atoms with Crippen molar-refractivity contribution >= 4 is 33.4 Å². The third-order valence-corrected chi connectivity index (χ3v) is 10.9. The number of hydrogen-bond donors (Lipinski definition) is 2.